The third-order valence-electron chi connectivity index (χ3n) is 5.02. The number of pyridine rings is 1. The van der Waals surface area contributed by atoms with Gasteiger partial charge in [0.15, 0.2) is 0 Å². The summed E-state index contributed by atoms with van der Waals surface area (Å²) in [6, 6.07) is 9.84. The summed E-state index contributed by atoms with van der Waals surface area (Å²) in [5.74, 6) is -0.533. The van der Waals surface area contributed by atoms with Crippen molar-refractivity contribution < 1.29 is 14.3 Å². The van der Waals surface area contributed by atoms with Crippen LogP contribution in [-0.2, 0) is 9.53 Å². The SMILES string of the molecule is CCOC(=O)[C@@H]1CCCN(C(=O)c2cccnc2Sc2ccc(C)c(C)c2)C1. The first-order valence-corrected chi connectivity index (χ1v) is 10.5. The van der Waals surface area contributed by atoms with Crippen molar-refractivity contribution in [1.29, 1.82) is 0 Å². The van der Waals surface area contributed by atoms with Gasteiger partial charge >= 0.3 is 5.97 Å². The van der Waals surface area contributed by atoms with Gasteiger partial charge in [-0.2, -0.15) is 0 Å². The van der Waals surface area contributed by atoms with E-state index in [4.69, 9.17) is 4.74 Å². The number of aryl methyl sites for hydroxylation is 2. The Morgan fingerprint density at radius 2 is 2.07 bits per heavy atom. The van der Waals surface area contributed by atoms with Crippen molar-refractivity contribution in [2.45, 2.75) is 43.5 Å². The predicted molar refractivity (Wildman–Crippen MR) is 110 cm³/mol. The molecule has 0 radical (unpaired) electrons. The van der Waals surface area contributed by atoms with Gasteiger partial charge in [-0.25, -0.2) is 4.98 Å². The zero-order valence-corrected chi connectivity index (χ0v) is 17.4. The molecule has 0 spiro atoms. The maximum absolute atomic E-state index is 13.2. The second-order valence-corrected chi connectivity index (χ2v) is 8.11. The van der Waals surface area contributed by atoms with Crippen LogP contribution in [0.4, 0.5) is 0 Å². The van der Waals surface area contributed by atoms with E-state index in [9.17, 15) is 9.59 Å². The van der Waals surface area contributed by atoms with Gasteiger partial charge in [0.25, 0.3) is 5.91 Å². The molecular formula is C22H26N2O3S. The molecule has 1 saturated heterocycles. The number of aromatic nitrogens is 1. The van der Waals surface area contributed by atoms with Crippen molar-refractivity contribution in [2.24, 2.45) is 5.92 Å². The predicted octanol–water partition coefficient (Wildman–Crippen LogP) is 4.26. The molecule has 0 aliphatic carbocycles. The topological polar surface area (TPSA) is 59.5 Å². The minimum absolute atomic E-state index is 0.0755. The lowest BCUT2D eigenvalue weighted by Crippen LogP contribution is -2.43. The summed E-state index contributed by atoms with van der Waals surface area (Å²) in [7, 11) is 0. The van der Waals surface area contributed by atoms with Crippen LogP contribution in [-0.4, -0.2) is 41.5 Å². The summed E-state index contributed by atoms with van der Waals surface area (Å²) >= 11 is 1.49. The third kappa shape index (κ3) is 4.73. The molecule has 0 bridgehead atoms. The number of piperidine rings is 1. The molecule has 6 heteroatoms. The number of carbonyl (C=O) groups excluding carboxylic acids is 2. The van der Waals surface area contributed by atoms with Crippen molar-refractivity contribution in [1.82, 2.24) is 9.88 Å². The Morgan fingerprint density at radius 3 is 2.82 bits per heavy atom. The highest BCUT2D eigenvalue weighted by Crippen LogP contribution is 2.31. The van der Waals surface area contributed by atoms with Crippen molar-refractivity contribution >= 4 is 23.6 Å². The lowest BCUT2D eigenvalue weighted by atomic mass is 9.97. The lowest BCUT2D eigenvalue weighted by molar-refractivity contribution is -0.149. The van der Waals surface area contributed by atoms with Gasteiger partial charge in [-0.3, -0.25) is 9.59 Å². The van der Waals surface area contributed by atoms with Crippen LogP contribution >= 0.6 is 11.8 Å². The molecule has 2 aromatic rings. The quantitative estimate of drug-likeness (QED) is 0.704. The summed E-state index contributed by atoms with van der Waals surface area (Å²) in [5, 5.41) is 0.689. The molecular weight excluding hydrogens is 372 g/mol. The number of rotatable bonds is 5. The first-order valence-electron chi connectivity index (χ1n) is 9.65. The van der Waals surface area contributed by atoms with E-state index in [1.165, 1.54) is 22.9 Å². The summed E-state index contributed by atoms with van der Waals surface area (Å²) in [5.41, 5.74) is 3.03. The molecule has 148 valence electrons. The Hall–Kier alpha value is -2.34. The molecule has 1 aliphatic heterocycles. The van der Waals surface area contributed by atoms with Crippen molar-refractivity contribution in [3.05, 3.63) is 53.2 Å². The van der Waals surface area contributed by atoms with Gasteiger partial charge in [-0.1, -0.05) is 17.8 Å². The molecule has 1 aromatic carbocycles. The highest BCUT2D eigenvalue weighted by molar-refractivity contribution is 7.99. The first-order chi connectivity index (χ1) is 13.5. The number of nitrogens with zero attached hydrogens (tertiary/aromatic N) is 2. The van der Waals surface area contributed by atoms with Crippen molar-refractivity contribution in [3.8, 4) is 0 Å². The number of amides is 1. The molecule has 1 aromatic heterocycles. The number of hydrogen-bond acceptors (Lipinski definition) is 5. The van der Waals surface area contributed by atoms with E-state index < -0.39 is 0 Å². The van der Waals surface area contributed by atoms with Crippen molar-refractivity contribution in [3.63, 3.8) is 0 Å². The second kappa shape index (κ2) is 9.24. The monoisotopic (exact) mass is 398 g/mol. The van der Waals surface area contributed by atoms with Gasteiger partial charge in [-0.15, -0.1) is 0 Å². The molecule has 3 rings (SSSR count). The van der Waals surface area contributed by atoms with E-state index in [0.717, 1.165) is 17.7 Å². The highest BCUT2D eigenvalue weighted by Gasteiger charge is 2.30. The fourth-order valence-corrected chi connectivity index (χ4v) is 4.28. The zero-order chi connectivity index (χ0) is 20.1. The van der Waals surface area contributed by atoms with E-state index in [1.807, 2.05) is 12.1 Å². The Balaban J connectivity index is 1.78. The van der Waals surface area contributed by atoms with Crippen molar-refractivity contribution in [2.75, 3.05) is 19.7 Å². The molecule has 1 aliphatic rings. The van der Waals surface area contributed by atoms with E-state index in [-0.39, 0.29) is 17.8 Å². The Kier molecular flexibility index (Phi) is 6.73. The third-order valence-corrected chi connectivity index (χ3v) is 6.03. The first kappa shape index (κ1) is 20.4. The fourth-order valence-electron chi connectivity index (χ4n) is 3.31. The molecule has 0 saturated carbocycles. The van der Waals surface area contributed by atoms with Crippen LogP contribution in [0.1, 0.15) is 41.3 Å². The van der Waals surface area contributed by atoms with Crippen LogP contribution in [0.15, 0.2) is 46.5 Å². The Morgan fingerprint density at radius 1 is 1.25 bits per heavy atom. The van der Waals surface area contributed by atoms with E-state index in [1.54, 1.807) is 24.1 Å². The van der Waals surface area contributed by atoms with Crippen LogP contribution in [0, 0.1) is 19.8 Å². The van der Waals surface area contributed by atoms with E-state index in [0.29, 0.717) is 30.3 Å². The molecule has 1 amide bonds. The normalized spacial score (nSPS) is 16.7. The minimum atomic E-state index is -0.245. The van der Waals surface area contributed by atoms with Gasteiger partial charge in [0.2, 0.25) is 0 Å². The van der Waals surface area contributed by atoms with Gasteiger partial charge in [0, 0.05) is 24.2 Å². The number of ether oxygens (including phenoxy) is 1. The summed E-state index contributed by atoms with van der Waals surface area (Å²) in [4.78, 5) is 32.5. The molecule has 0 N–H and O–H groups in total. The standard InChI is InChI=1S/C22H26N2O3S/c1-4-27-22(26)17-7-6-12-24(14-17)21(25)19-8-5-11-23-20(19)28-18-10-9-15(2)16(3)13-18/h5,8-11,13,17H,4,6-7,12,14H2,1-3H3/t17-/m1/s1. The molecule has 1 atom stereocenters. The van der Waals surface area contributed by atoms with E-state index in [2.05, 4.69) is 31.0 Å². The maximum atomic E-state index is 13.2. The number of carbonyl (C=O) groups is 2. The van der Waals surface area contributed by atoms with Gasteiger partial charge < -0.3 is 9.64 Å². The smallest absolute Gasteiger partial charge is 0.310 e. The molecule has 0 unspecified atom stereocenters. The average molecular weight is 399 g/mol. The van der Waals surface area contributed by atoms with Gasteiger partial charge in [0.1, 0.15) is 5.03 Å². The second-order valence-electron chi connectivity index (χ2n) is 7.05. The molecule has 1 fully saturated rings. The highest BCUT2D eigenvalue weighted by atomic mass is 32.2. The van der Waals surface area contributed by atoms with Gasteiger partial charge in [-0.05, 0) is 69.0 Å². The molecule has 2 heterocycles. The van der Waals surface area contributed by atoms with Gasteiger partial charge in [0.05, 0.1) is 18.1 Å². The Bertz CT molecular complexity index is 869. The fraction of sp³-hybridized carbons (Fsp3) is 0.409. The lowest BCUT2D eigenvalue weighted by Gasteiger charge is -2.31. The van der Waals surface area contributed by atoms with Crippen LogP contribution < -0.4 is 0 Å². The number of likely N-dealkylation sites (tertiary alicyclic amines) is 1. The summed E-state index contributed by atoms with van der Waals surface area (Å²) < 4.78 is 5.15. The Labute approximate surface area is 170 Å². The largest absolute Gasteiger partial charge is 0.466 e. The number of benzene rings is 1. The minimum Gasteiger partial charge on any atom is -0.466 e. The summed E-state index contributed by atoms with van der Waals surface area (Å²) in [6.07, 6.45) is 3.27. The molecule has 5 nitrogen and oxygen atoms in total. The number of hydrogen-bond donors (Lipinski definition) is 0. The number of esters is 1. The maximum Gasteiger partial charge on any atom is 0.310 e. The summed E-state index contributed by atoms with van der Waals surface area (Å²) in [6.45, 7) is 7.37. The van der Waals surface area contributed by atoms with Crippen LogP contribution in [0.2, 0.25) is 0 Å². The average Bonchev–Trinajstić information content (AvgIpc) is 2.71. The van der Waals surface area contributed by atoms with Crippen LogP contribution in [0.25, 0.3) is 0 Å². The van der Waals surface area contributed by atoms with Crippen LogP contribution in [0.3, 0.4) is 0 Å². The molecule has 28 heavy (non-hydrogen) atoms. The van der Waals surface area contributed by atoms with Crippen LogP contribution in [0.5, 0.6) is 0 Å². The zero-order valence-electron chi connectivity index (χ0n) is 16.6. The van der Waals surface area contributed by atoms with E-state index >= 15 is 0 Å².